The minimum absolute atomic E-state index is 0.239. The monoisotopic (exact) mass is 291 g/mol. The van der Waals surface area contributed by atoms with Crippen molar-refractivity contribution in [2.24, 2.45) is 5.41 Å². The van der Waals surface area contributed by atoms with Crippen LogP contribution in [0.5, 0.6) is 11.5 Å². The molecular weight excluding hydrogens is 262 g/mol. The molecule has 0 aromatic heterocycles. The molecule has 1 aromatic carbocycles. The zero-order valence-electron chi connectivity index (χ0n) is 13.8. The fraction of sp³-hybridized carbons (Fsp3) is 0.667. The van der Waals surface area contributed by atoms with Gasteiger partial charge in [-0.15, -0.1) is 0 Å². The molecule has 2 atom stereocenters. The number of hydrogen-bond donors (Lipinski definition) is 1. The third-order valence-electron chi connectivity index (χ3n) is 4.31. The molecule has 1 saturated carbocycles. The van der Waals surface area contributed by atoms with Gasteiger partial charge in [-0.05, 0) is 50.3 Å². The van der Waals surface area contributed by atoms with Crippen LogP contribution < -0.4 is 14.8 Å². The Hall–Kier alpha value is -1.22. The molecule has 1 fully saturated rings. The van der Waals surface area contributed by atoms with Gasteiger partial charge in [0.2, 0.25) is 0 Å². The fourth-order valence-corrected chi connectivity index (χ4v) is 3.15. The van der Waals surface area contributed by atoms with Gasteiger partial charge in [0.1, 0.15) is 17.6 Å². The summed E-state index contributed by atoms with van der Waals surface area (Å²) < 4.78 is 11.8. The molecule has 0 amide bonds. The van der Waals surface area contributed by atoms with Crippen LogP contribution in [0.15, 0.2) is 24.3 Å². The Bertz CT molecular complexity index is 445. The molecule has 21 heavy (non-hydrogen) atoms. The van der Waals surface area contributed by atoms with Gasteiger partial charge in [-0.25, -0.2) is 0 Å². The highest BCUT2D eigenvalue weighted by molar-refractivity contribution is 5.33. The predicted octanol–water partition coefficient (Wildman–Crippen LogP) is 4.02. The molecular formula is C18H29NO2. The first-order chi connectivity index (χ1) is 10.1. The molecule has 1 aliphatic rings. The minimum Gasteiger partial charge on any atom is -0.494 e. The van der Waals surface area contributed by atoms with Crippen LogP contribution in [0, 0.1) is 5.41 Å². The first kappa shape index (κ1) is 16.2. The lowest BCUT2D eigenvalue weighted by Crippen LogP contribution is -2.46. The molecule has 0 radical (unpaired) electrons. The maximum atomic E-state index is 6.27. The van der Waals surface area contributed by atoms with Crippen LogP contribution in [0.1, 0.15) is 47.0 Å². The van der Waals surface area contributed by atoms with Gasteiger partial charge in [-0.1, -0.05) is 26.8 Å². The molecule has 0 spiro atoms. The number of rotatable bonds is 7. The van der Waals surface area contributed by atoms with Gasteiger partial charge in [0.15, 0.2) is 0 Å². The van der Waals surface area contributed by atoms with Crippen LogP contribution in [0.2, 0.25) is 0 Å². The summed E-state index contributed by atoms with van der Waals surface area (Å²) in [4.78, 5) is 0. The molecule has 2 unspecified atom stereocenters. The standard InChI is InChI=1S/C18H29NO2/c1-5-12-19-17-16(10-11-18(17,3)4)21-15-9-7-8-14(13-15)20-6-2/h7-9,13,16-17,19H,5-6,10-12H2,1-4H3. The SMILES string of the molecule is CCCNC1C(Oc2cccc(OCC)c2)CCC1(C)C. The summed E-state index contributed by atoms with van der Waals surface area (Å²) in [6.07, 6.45) is 3.69. The van der Waals surface area contributed by atoms with E-state index in [2.05, 4.69) is 26.1 Å². The lowest BCUT2D eigenvalue weighted by atomic mass is 9.87. The topological polar surface area (TPSA) is 30.5 Å². The Morgan fingerprint density at radius 2 is 2.00 bits per heavy atom. The van der Waals surface area contributed by atoms with E-state index in [0.717, 1.165) is 30.9 Å². The highest BCUT2D eigenvalue weighted by Gasteiger charge is 2.42. The second kappa shape index (κ2) is 7.17. The highest BCUT2D eigenvalue weighted by Crippen LogP contribution is 2.39. The van der Waals surface area contributed by atoms with Crippen molar-refractivity contribution in [2.75, 3.05) is 13.2 Å². The Balaban J connectivity index is 2.05. The molecule has 0 aliphatic heterocycles. The third kappa shape index (κ3) is 4.13. The molecule has 0 bridgehead atoms. The van der Waals surface area contributed by atoms with E-state index in [1.807, 2.05) is 31.2 Å². The Morgan fingerprint density at radius 1 is 1.24 bits per heavy atom. The van der Waals surface area contributed by atoms with Crippen molar-refractivity contribution in [1.29, 1.82) is 0 Å². The first-order valence-electron chi connectivity index (χ1n) is 8.19. The number of benzene rings is 1. The molecule has 3 heteroatoms. The number of nitrogens with one attached hydrogen (secondary N) is 1. The maximum Gasteiger partial charge on any atom is 0.123 e. The maximum absolute atomic E-state index is 6.27. The summed E-state index contributed by atoms with van der Waals surface area (Å²) in [5.41, 5.74) is 0.289. The summed E-state index contributed by atoms with van der Waals surface area (Å²) in [7, 11) is 0. The van der Waals surface area contributed by atoms with Crippen molar-refractivity contribution < 1.29 is 9.47 Å². The quantitative estimate of drug-likeness (QED) is 0.823. The molecule has 1 N–H and O–H groups in total. The van der Waals surface area contributed by atoms with E-state index in [1.54, 1.807) is 0 Å². The second-order valence-electron chi connectivity index (χ2n) is 6.52. The van der Waals surface area contributed by atoms with Crippen LogP contribution in [-0.2, 0) is 0 Å². The average Bonchev–Trinajstić information content (AvgIpc) is 2.72. The largest absolute Gasteiger partial charge is 0.494 e. The van der Waals surface area contributed by atoms with E-state index in [0.29, 0.717) is 12.6 Å². The summed E-state index contributed by atoms with van der Waals surface area (Å²) in [6.45, 7) is 10.6. The molecule has 118 valence electrons. The average molecular weight is 291 g/mol. The summed E-state index contributed by atoms with van der Waals surface area (Å²) in [5, 5.41) is 3.68. The lowest BCUT2D eigenvalue weighted by molar-refractivity contribution is 0.140. The first-order valence-corrected chi connectivity index (χ1v) is 8.19. The van der Waals surface area contributed by atoms with E-state index in [9.17, 15) is 0 Å². The summed E-state index contributed by atoms with van der Waals surface area (Å²) >= 11 is 0. The minimum atomic E-state index is 0.239. The van der Waals surface area contributed by atoms with Crippen LogP contribution in [0.3, 0.4) is 0 Å². The lowest BCUT2D eigenvalue weighted by Gasteiger charge is -2.31. The Labute approximate surface area is 129 Å². The smallest absolute Gasteiger partial charge is 0.123 e. The number of ether oxygens (including phenoxy) is 2. The van der Waals surface area contributed by atoms with Crippen LogP contribution >= 0.6 is 0 Å². The van der Waals surface area contributed by atoms with E-state index >= 15 is 0 Å². The van der Waals surface area contributed by atoms with Crippen molar-refractivity contribution in [1.82, 2.24) is 5.32 Å². The van der Waals surface area contributed by atoms with E-state index < -0.39 is 0 Å². The van der Waals surface area contributed by atoms with Crippen LogP contribution in [0.25, 0.3) is 0 Å². The normalized spacial score (nSPS) is 24.0. The molecule has 2 rings (SSSR count). The van der Waals surface area contributed by atoms with Crippen LogP contribution in [-0.4, -0.2) is 25.3 Å². The molecule has 0 heterocycles. The van der Waals surface area contributed by atoms with Gasteiger partial charge in [-0.2, -0.15) is 0 Å². The fourth-order valence-electron chi connectivity index (χ4n) is 3.15. The summed E-state index contributed by atoms with van der Waals surface area (Å²) in [5.74, 6) is 1.79. The van der Waals surface area contributed by atoms with Crippen molar-refractivity contribution >= 4 is 0 Å². The van der Waals surface area contributed by atoms with Crippen molar-refractivity contribution in [3.05, 3.63) is 24.3 Å². The zero-order chi connectivity index (χ0) is 15.3. The van der Waals surface area contributed by atoms with E-state index in [-0.39, 0.29) is 11.5 Å². The molecule has 3 nitrogen and oxygen atoms in total. The van der Waals surface area contributed by atoms with Gasteiger partial charge in [0, 0.05) is 12.1 Å². The van der Waals surface area contributed by atoms with Gasteiger partial charge in [0.25, 0.3) is 0 Å². The Morgan fingerprint density at radius 3 is 2.71 bits per heavy atom. The van der Waals surface area contributed by atoms with Gasteiger partial charge in [-0.3, -0.25) is 0 Å². The van der Waals surface area contributed by atoms with E-state index in [1.165, 1.54) is 6.42 Å². The zero-order valence-corrected chi connectivity index (χ0v) is 13.8. The molecule has 1 aliphatic carbocycles. The van der Waals surface area contributed by atoms with Crippen molar-refractivity contribution in [2.45, 2.75) is 59.1 Å². The Kier molecular flexibility index (Phi) is 5.51. The van der Waals surface area contributed by atoms with E-state index in [4.69, 9.17) is 9.47 Å². The number of hydrogen-bond acceptors (Lipinski definition) is 3. The van der Waals surface area contributed by atoms with Gasteiger partial charge >= 0.3 is 0 Å². The van der Waals surface area contributed by atoms with Crippen molar-refractivity contribution in [3.8, 4) is 11.5 Å². The van der Waals surface area contributed by atoms with Crippen molar-refractivity contribution in [3.63, 3.8) is 0 Å². The van der Waals surface area contributed by atoms with Gasteiger partial charge < -0.3 is 14.8 Å². The predicted molar refractivity (Wildman–Crippen MR) is 87.1 cm³/mol. The molecule has 0 saturated heterocycles. The molecule has 1 aromatic rings. The summed E-state index contributed by atoms with van der Waals surface area (Å²) in [6, 6.07) is 8.39. The van der Waals surface area contributed by atoms with Crippen LogP contribution in [0.4, 0.5) is 0 Å². The second-order valence-corrected chi connectivity index (χ2v) is 6.52. The van der Waals surface area contributed by atoms with Gasteiger partial charge in [0.05, 0.1) is 6.61 Å². The highest BCUT2D eigenvalue weighted by atomic mass is 16.5. The third-order valence-corrected chi connectivity index (χ3v) is 4.31.